The van der Waals surface area contributed by atoms with E-state index in [4.69, 9.17) is 0 Å². The summed E-state index contributed by atoms with van der Waals surface area (Å²) >= 11 is 4.27. The first kappa shape index (κ1) is 12.4. The van der Waals surface area contributed by atoms with Gasteiger partial charge in [0.1, 0.15) is 12.1 Å². The third-order valence-corrected chi connectivity index (χ3v) is 4.85. The summed E-state index contributed by atoms with van der Waals surface area (Å²) in [6, 6.07) is 0.578. The van der Waals surface area contributed by atoms with Gasteiger partial charge in [0.25, 0.3) is 0 Å². The number of nitrogens with zero attached hydrogens (tertiary/aromatic N) is 2. The molecule has 1 fully saturated rings. The first-order valence-corrected chi connectivity index (χ1v) is 7.91. The van der Waals surface area contributed by atoms with Gasteiger partial charge < -0.3 is 5.32 Å². The van der Waals surface area contributed by atoms with E-state index in [0.717, 1.165) is 14.6 Å². The lowest BCUT2D eigenvalue weighted by Crippen LogP contribution is -2.29. The van der Waals surface area contributed by atoms with Crippen LogP contribution in [0.4, 0.5) is 5.82 Å². The molecule has 1 saturated carbocycles. The molecule has 0 bridgehead atoms. The van der Waals surface area contributed by atoms with Crippen molar-refractivity contribution >= 4 is 40.2 Å². The minimum absolute atomic E-state index is 0.578. The number of halogens is 1. The molecule has 16 heavy (non-hydrogen) atoms. The van der Waals surface area contributed by atoms with Crippen molar-refractivity contribution < 1.29 is 0 Å². The molecule has 0 saturated heterocycles. The SMILES string of the molecule is CSC1CCCC(Nc2ncncc2I)C1. The highest BCUT2D eigenvalue weighted by molar-refractivity contribution is 14.1. The second-order valence-corrected chi connectivity index (χ2v) is 6.39. The Kier molecular flexibility index (Phi) is 4.69. The highest BCUT2D eigenvalue weighted by Gasteiger charge is 2.21. The normalized spacial score (nSPS) is 25.4. The van der Waals surface area contributed by atoms with Gasteiger partial charge in [-0.2, -0.15) is 11.8 Å². The Morgan fingerprint density at radius 1 is 1.50 bits per heavy atom. The average molecular weight is 349 g/mol. The van der Waals surface area contributed by atoms with Crippen molar-refractivity contribution in [2.75, 3.05) is 11.6 Å². The third kappa shape index (κ3) is 3.23. The standard InChI is InChI=1S/C11H16IN3S/c1-16-9-4-2-3-8(5-9)15-11-10(12)6-13-7-14-11/h6-9H,2-5H2,1H3,(H,13,14,15). The minimum atomic E-state index is 0.578. The topological polar surface area (TPSA) is 37.8 Å². The minimum Gasteiger partial charge on any atom is -0.366 e. The molecule has 0 aromatic carbocycles. The van der Waals surface area contributed by atoms with E-state index in [0.29, 0.717) is 6.04 Å². The van der Waals surface area contributed by atoms with E-state index in [1.54, 1.807) is 6.33 Å². The Morgan fingerprint density at radius 3 is 3.12 bits per heavy atom. The Morgan fingerprint density at radius 2 is 2.38 bits per heavy atom. The van der Waals surface area contributed by atoms with Crippen LogP contribution in [0, 0.1) is 3.57 Å². The van der Waals surface area contributed by atoms with Gasteiger partial charge in [0.05, 0.1) is 3.57 Å². The van der Waals surface area contributed by atoms with Gasteiger partial charge in [-0.25, -0.2) is 9.97 Å². The first-order valence-electron chi connectivity index (χ1n) is 5.54. The number of thioether (sulfide) groups is 1. The molecule has 1 N–H and O–H groups in total. The fraction of sp³-hybridized carbons (Fsp3) is 0.636. The zero-order valence-corrected chi connectivity index (χ0v) is 12.3. The fourth-order valence-electron chi connectivity index (χ4n) is 2.10. The van der Waals surface area contributed by atoms with Crippen molar-refractivity contribution in [1.29, 1.82) is 0 Å². The maximum Gasteiger partial charge on any atom is 0.143 e. The molecule has 1 aliphatic carbocycles. The molecule has 2 atom stereocenters. The molecule has 1 aromatic rings. The number of hydrogen-bond acceptors (Lipinski definition) is 4. The number of aromatic nitrogens is 2. The van der Waals surface area contributed by atoms with Crippen molar-refractivity contribution in [3.8, 4) is 0 Å². The summed E-state index contributed by atoms with van der Waals surface area (Å²) in [6.45, 7) is 0. The van der Waals surface area contributed by atoms with Crippen LogP contribution in [0.1, 0.15) is 25.7 Å². The number of hydrogen-bond donors (Lipinski definition) is 1. The van der Waals surface area contributed by atoms with Crippen molar-refractivity contribution in [2.24, 2.45) is 0 Å². The summed E-state index contributed by atoms with van der Waals surface area (Å²) in [6.07, 6.45) is 10.9. The Labute approximate surface area is 114 Å². The number of anilines is 1. The maximum atomic E-state index is 4.29. The lowest BCUT2D eigenvalue weighted by Gasteiger charge is -2.29. The average Bonchev–Trinajstić information content (AvgIpc) is 2.32. The van der Waals surface area contributed by atoms with Crippen molar-refractivity contribution in [1.82, 2.24) is 9.97 Å². The van der Waals surface area contributed by atoms with E-state index in [9.17, 15) is 0 Å². The van der Waals surface area contributed by atoms with Crippen LogP contribution in [-0.4, -0.2) is 27.5 Å². The summed E-state index contributed by atoms with van der Waals surface area (Å²) in [5.41, 5.74) is 0. The highest BCUT2D eigenvalue weighted by atomic mass is 127. The van der Waals surface area contributed by atoms with Crippen molar-refractivity contribution in [3.05, 3.63) is 16.1 Å². The van der Waals surface area contributed by atoms with Crippen LogP contribution in [-0.2, 0) is 0 Å². The van der Waals surface area contributed by atoms with E-state index in [2.05, 4.69) is 44.1 Å². The van der Waals surface area contributed by atoms with Gasteiger partial charge in [-0.3, -0.25) is 0 Å². The number of nitrogens with one attached hydrogen (secondary N) is 1. The molecule has 0 aliphatic heterocycles. The van der Waals surface area contributed by atoms with Crippen LogP contribution in [0.25, 0.3) is 0 Å². The molecular weight excluding hydrogens is 333 g/mol. The van der Waals surface area contributed by atoms with Gasteiger partial charge >= 0.3 is 0 Å². The van der Waals surface area contributed by atoms with Gasteiger partial charge in [-0.05, 0) is 48.1 Å². The Hall–Kier alpha value is -0.0400. The summed E-state index contributed by atoms with van der Waals surface area (Å²) in [4.78, 5) is 8.29. The van der Waals surface area contributed by atoms with E-state index < -0.39 is 0 Å². The molecule has 0 radical (unpaired) electrons. The summed E-state index contributed by atoms with van der Waals surface area (Å²) < 4.78 is 1.10. The smallest absolute Gasteiger partial charge is 0.143 e. The quantitative estimate of drug-likeness (QED) is 0.851. The number of rotatable bonds is 3. The molecule has 0 amide bonds. The van der Waals surface area contributed by atoms with Gasteiger partial charge in [0, 0.05) is 17.5 Å². The van der Waals surface area contributed by atoms with Crippen LogP contribution >= 0.6 is 34.4 Å². The predicted octanol–water partition coefficient (Wildman–Crippen LogP) is 3.17. The molecule has 1 heterocycles. The molecule has 2 rings (SSSR count). The van der Waals surface area contributed by atoms with Crippen LogP contribution < -0.4 is 5.32 Å². The van der Waals surface area contributed by atoms with Crippen LogP contribution in [0.5, 0.6) is 0 Å². The highest BCUT2D eigenvalue weighted by Crippen LogP contribution is 2.29. The monoisotopic (exact) mass is 349 g/mol. The Bertz CT molecular complexity index is 348. The summed E-state index contributed by atoms with van der Waals surface area (Å²) in [5, 5.41) is 4.35. The maximum absolute atomic E-state index is 4.29. The molecule has 0 spiro atoms. The first-order chi connectivity index (χ1) is 7.79. The molecule has 1 aliphatic rings. The van der Waals surface area contributed by atoms with Gasteiger partial charge in [0.2, 0.25) is 0 Å². The molecule has 3 nitrogen and oxygen atoms in total. The molecule has 1 aromatic heterocycles. The van der Waals surface area contributed by atoms with Gasteiger partial charge in [-0.1, -0.05) is 6.42 Å². The largest absolute Gasteiger partial charge is 0.366 e. The zero-order chi connectivity index (χ0) is 11.4. The predicted molar refractivity (Wildman–Crippen MR) is 77.9 cm³/mol. The van der Waals surface area contributed by atoms with Crippen LogP contribution in [0.15, 0.2) is 12.5 Å². The summed E-state index contributed by atoms with van der Waals surface area (Å²) in [7, 11) is 0. The summed E-state index contributed by atoms with van der Waals surface area (Å²) in [5.74, 6) is 0.988. The van der Waals surface area contributed by atoms with E-state index >= 15 is 0 Å². The third-order valence-electron chi connectivity index (χ3n) is 2.97. The lowest BCUT2D eigenvalue weighted by molar-refractivity contribution is 0.472. The fourth-order valence-corrected chi connectivity index (χ4v) is 3.39. The van der Waals surface area contributed by atoms with Crippen LogP contribution in [0.3, 0.4) is 0 Å². The van der Waals surface area contributed by atoms with E-state index in [1.807, 2.05) is 18.0 Å². The van der Waals surface area contributed by atoms with Gasteiger partial charge in [-0.15, -0.1) is 0 Å². The molecular formula is C11H16IN3S. The van der Waals surface area contributed by atoms with Crippen LogP contribution in [0.2, 0.25) is 0 Å². The molecule has 88 valence electrons. The van der Waals surface area contributed by atoms with E-state index in [1.165, 1.54) is 25.7 Å². The Balaban J connectivity index is 1.97. The molecule has 2 unspecified atom stereocenters. The van der Waals surface area contributed by atoms with Crippen molar-refractivity contribution in [2.45, 2.75) is 37.0 Å². The molecule has 5 heteroatoms. The second-order valence-electron chi connectivity index (χ2n) is 4.08. The zero-order valence-electron chi connectivity index (χ0n) is 9.32. The van der Waals surface area contributed by atoms with Crippen molar-refractivity contribution in [3.63, 3.8) is 0 Å². The van der Waals surface area contributed by atoms with Gasteiger partial charge in [0.15, 0.2) is 0 Å². The second kappa shape index (κ2) is 6.05. The lowest BCUT2D eigenvalue weighted by atomic mass is 9.95. The van der Waals surface area contributed by atoms with E-state index in [-0.39, 0.29) is 0 Å².